The molecule has 1 saturated carbocycles. The van der Waals surface area contributed by atoms with Gasteiger partial charge in [-0.3, -0.25) is 9.59 Å². The molecule has 2 aromatic carbocycles. The first-order chi connectivity index (χ1) is 35.4. The Kier molecular flexibility index (Phi) is 24.5. The van der Waals surface area contributed by atoms with Gasteiger partial charge in [0.25, 0.3) is 0 Å². The third-order valence-corrected chi connectivity index (χ3v) is 22.6. The Morgan fingerprint density at radius 2 is 1.32 bits per heavy atom. The number of amides is 1. The standard InChI is InChI=1S/C61H100F2N2O9P/c1-11-52-60(8,71)55(68)47(6)65(42-43(2)41-59(7,70)56(44(3)39-45(4)57(69)73-52)74-58-54(67)51(64(9)10)40-46(5)72-58)53(66)33-27-19-17-15-13-12-14-16-18-20-28-38-75(48-29-23-21-24-30-48,49-31-25-22-26-32-49)50-34-36-61(62,63)37-35-50/h21-26,29-32,43-47,50-52,54-56,58,67-68,70-71H,11-20,27-28,33-42H2,1-10H3/q+1/t43-,44+,45-,46-,47-,51+,52-,54-,55-,56-,58+,59-,60-/m1/s1. The number of carbonyl (C=O) groups excluding carboxylic acids is 2. The molecule has 2 aromatic rings. The lowest BCUT2D eigenvalue weighted by atomic mass is 9.79. The zero-order valence-electron chi connectivity index (χ0n) is 47.7. The molecule has 0 radical (unpaired) electrons. The van der Waals surface area contributed by atoms with Gasteiger partial charge in [0.05, 0.1) is 59.5 Å². The zero-order valence-corrected chi connectivity index (χ0v) is 48.6. The van der Waals surface area contributed by atoms with Crippen molar-refractivity contribution < 1.29 is 53.0 Å². The van der Waals surface area contributed by atoms with Gasteiger partial charge in [-0.1, -0.05) is 115 Å². The van der Waals surface area contributed by atoms with E-state index < -0.39 is 78.9 Å². The minimum absolute atomic E-state index is 0.0160. The van der Waals surface area contributed by atoms with Crippen molar-refractivity contribution in [2.45, 2.75) is 255 Å². The van der Waals surface area contributed by atoms with Gasteiger partial charge >= 0.3 is 5.97 Å². The van der Waals surface area contributed by atoms with Crippen LogP contribution in [0, 0.1) is 17.8 Å². The van der Waals surface area contributed by atoms with Crippen molar-refractivity contribution in [3.8, 4) is 0 Å². The maximum absolute atomic E-state index is 14.5. The van der Waals surface area contributed by atoms with E-state index in [0.717, 1.165) is 57.5 Å². The lowest BCUT2D eigenvalue weighted by Gasteiger charge is -2.46. The molecule has 3 aliphatic rings. The van der Waals surface area contributed by atoms with E-state index in [1.165, 1.54) is 30.4 Å². The minimum Gasteiger partial charge on any atom is -0.459 e. The summed E-state index contributed by atoms with van der Waals surface area (Å²) in [5.41, 5.74) is -3.09. The van der Waals surface area contributed by atoms with Gasteiger partial charge < -0.3 is 44.4 Å². The van der Waals surface area contributed by atoms with Crippen LogP contribution in [-0.2, 0) is 23.8 Å². The van der Waals surface area contributed by atoms with E-state index in [4.69, 9.17) is 14.2 Å². The smallest absolute Gasteiger partial charge is 0.309 e. The number of ether oxygens (including phenoxy) is 3. The van der Waals surface area contributed by atoms with Crippen LogP contribution in [0.25, 0.3) is 0 Å². The number of benzene rings is 2. The molecule has 4 N–H and O–H groups in total. The molecule has 1 aliphatic carbocycles. The summed E-state index contributed by atoms with van der Waals surface area (Å²) in [6.45, 7) is 14.4. The number of unbranched alkanes of at least 4 members (excludes halogenated alkanes) is 10. The van der Waals surface area contributed by atoms with Crippen molar-refractivity contribution in [2.24, 2.45) is 17.8 Å². The van der Waals surface area contributed by atoms with Crippen LogP contribution in [0.15, 0.2) is 60.7 Å². The maximum Gasteiger partial charge on any atom is 0.309 e. The van der Waals surface area contributed by atoms with Gasteiger partial charge in [0, 0.05) is 31.8 Å². The second-order valence-electron chi connectivity index (χ2n) is 24.2. The third-order valence-electron chi connectivity index (χ3n) is 17.4. The van der Waals surface area contributed by atoms with Gasteiger partial charge in [-0.05, 0) is 136 Å². The number of aliphatic hydroxyl groups is 4. The van der Waals surface area contributed by atoms with Crippen LogP contribution >= 0.6 is 7.26 Å². The summed E-state index contributed by atoms with van der Waals surface area (Å²) in [7, 11) is 1.90. The fourth-order valence-corrected chi connectivity index (χ4v) is 18.4. The number of hydrogen-bond acceptors (Lipinski definition) is 10. The Balaban J connectivity index is 1.14. The molecule has 1 amide bonds. The summed E-state index contributed by atoms with van der Waals surface area (Å²) >= 11 is 0. The molecule has 0 bridgehead atoms. The molecular weight excluding hydrogens is 974 g/mol. The summed E-state index contributed by atoms with van der Waals surface area (Å²) in [6.07, 6.45) is 9.86. The Morgan fingerprint density at radius 3 is 1.84 bits per heavy atom. The van der Waals surface area contributed by atoms with Gasteiger partial charge in [0.15, 0.2) is 6.29 Å². The number of carbonyl (C=O) groups is 2. The van der Waals surface area contributed by atoms with E-state index in [1.54, 1.807) is 32.6 Å². The Labute approximate surface area is 451 Å². The van der Waals surface area contributed by atoms with Crippen LogP contribution < -0.4 is 10.6 Å². The summed E-state index contributed by atoms with van der Waals surface area (Å²) in [6, 6.07) is 20.5. The van der Waals surface area contributed by atoms with Crippen LogP contribution in [0.1, 0.15) is 184 Å². The number of halogens is 2. The van der Waals surface area contributed by atoms with Crippen LogP contribution in [0.2, 0.25) is 0 Å². The molecule has 2 saturated heterocycles. The SMILES string of the molecule is CC[C@H]1OC(=O)[C@H](C)C[C@H](C)[C@@H](O[C@@H]2O[C@H](C)C[C@H](N(C)C)[C@H]2O)[C@](C)(O)C[C@@H](C)CN(C(=O)CCCCCCCCCCCCC[P+](c2ccccc2)(c2ccccc2)C2CCC(F)(F)CC2)[C@H](C)[C@@H](O)[C@]1(C)O. The third kappa shape index (κ3) is 17.2. The fraction of sp³-hybridized carbons (Fsp3) is 0.770. The van der Waals surface area contributed by atoms with E-state index >= 15 is 0 Å². The molecule has 0 spiro atoms. The summed E-state index contributed by atoms with van der Waals surface area (Å²) < 4.78 is 47.7. The molecule has 2 heterocycles. The highest BCUT2D eigenvalue weighted by molar-refractivity contribution is 7.90. The van der Waals surface area contributed by atoms with Gasteiger partial charge in [0.2, 0.25) is 11.8 Å². The van der Waals surface area contributed by atoms with E-state index in [9.17, 15) is 38.8 Å². The molecule has 426 valence electrons. The van der Waals surface area contributed by atoms with E-state index in [0.29, 0.717) is 25.7 Å². The normalized spacial score (nSPS) is 32.9. The number of aliphatic hydroxyl groups excluding tert-OH is 2. The Morgan fingerprint density at radius 1 is 0.800 bits per heavy atom. The molecule has 14 heteroatoms. The minimum atomic E-state index is -2.56. The Bertz CT molecular complexity index is 1950. The largest absolute Gasteiger partial charge is 0.459 e. The highest BCUT2D eigenvalue weighted by Crippen LogP contribution is 2.65. The fourth-order valence-electron chi connectivity index (χ4n) is 13.1. The second kappa shape index (κ2) is 29.0. The monoisotopic (exact) mass is 1070 g/mol. The number of nitrogens with zero attached hydrogens (tertiary/aromatic N) is 2. The molecule has 13 atom stereocenters. The maximum atomic E-state index is 14.5. The predicted molar refractivity (Wildman–Crippen MR) is 299 cm³/mol. The van der Waals surface area contributed by atoms with Crippen LogP contribution in [0.4, 0.5) is 8.78 Å². The first kappa shape index (κ1) is 63.2. The first-order valence-corrected chi connectivity index (χ1v) is 31.1. The number of esters is 1. The average Bonchev–Trinajstić information content (AvgIpc) is 3.36. The van der Waals surface area contributed by atoms with Gasteiger partial charge in [-0.2, -0.15) is 0 Å². The molecule has 75 heavy (non-hydrogen) atoms. The highest BCUT2D eigenvalue weighted by atomic mass is 31.2. The summed E-state index contributed by atoms with van der Waals surface area (Å²) in [5.74, 6) is -4.60. The van der Waals surface area contributed by atoms with E-state index in [1.807, 2.05) is 39.8 Å². The van der Waals surface area contributed by atoms with Crippen molar-refractivity contribution >= 4 is 29.7 Å². The van der Waals surface area contributed by atoms with E-state index in [2.05, 4.69) is 60.7 Å². The number of likely N-dealkylation sites (N-methyl/N-ethyl adjacent to an activating group) is 1. The first-order valence-electron chi connectivity index (χ1n) is 29.1. The molecule has 11 nitrogen and oxygen atoms in total. The van der Waals surface area contributed by atoms with Crippen LogP contribution in [0.5, 0.6) is 0 Å². The molecule has 3 fully saturated rings. The average molecular weight is 1070 g/mol. The number of hydrogen-bond donors (Lipinski definition) is 4. The van der Waals surface area contributed by atoms with Crippen molar-refractivity contribution in [3.05, 3.63) is 60.7 Å². The second-order valence-corrected chi connectivity index (χ2v) is 28.1. The Hall–Kier alpha value is -2.61. The van der Waals surface area contributed by atoms with Crippen molar-refractivity contribution in [1.29, 1.82) is 0 Å². The van der Waals surface area contributed by atoms with Crippen molar-refractivity contribution in [3.63, 3.8) is 0 Å². The molecule has 5 rings (SSSR count). The van der Waals surface area contributed by atoms with Gasteiger partial charge in [0.1, 0.15) is 23.9 Å². The van der Waals surface area contributed by atoms with E-state index in [-0.39, 0.29) is 74.7 Å². The number of rotatable bonds is 21. The van der Waals surface area contributed by atoms with Crippen molar-refractivity contribution in [2.75, 3.05) is 26.8 Å². The zero-order chi connectivity index (χ0) is 55.1. The molecular formula is C61H100F2N2O9P+. The summed E-state index contributed by atoms with van der Waals surface area (Å²) in [4.78, 5) is 31.6. The molecule has 0 aromatic heterocycles. The number of alkyl halides is 2. The molecule has 2 aliphatic heterocycles. The molecule has 0 unspecified atom stereocenters. The lowest BCUT2D eigenvalue weighted by Crippen LogP contribution is -2.60. The highest BCUT2D eigenvalue weighted by Gasteiger charge is 2.53. The topological polar surface area (TPSA) is 149 Å². The number of cyclic esters (lactones) is 1. The quantitative estimate of drug-likeness (QED) is 0.0541. The van der Waals surface area contributed by atoms with Crippen LogP contribution in [0.3, 0.4) is 0 Å². The summed E-state index contributed by atoms with van der Waals surface area (Å²) in [5, 5.41) is 50.4. The lowest BCUT2D eigenvalue weighted by molar-refractivity contribution is -0.295. The van der Waals surface area contributed by atoms with Crippen molar-refractivity contribution in [1.82, 2.24) is 9.80 Å². The predicted octanol–water partition coefficient (Wildman–Crippen LogP) is 10.8. The van der Waals surface area contributed by atoms with Crippen LogP contribution in [-0.4, -0.2) is 141 Å². The van der Waals surface area contributed by atoms with Gasteiger partial charge in [-0.15, -0.1) is 0 Å². The van der Waals surface area contributed by atoms with Gasteiger partial charge in [-0.25, -0.2) is 8.78 Å².